The largest absolute Gasteiger partial charge is 0.394 e. The summed E-state index contributed by atoms with van der Waals surface area (Å²) in [5, 5.41) is 22.2. The summed E-state index contributed by atoms with van der Waals surface area (Å²) in [5.41, 5.74) is 0. The summed E-state index contributed by atoms with van der Waals surface area (Å²) in [7, 11) is 0. The van der Waals surface area contributed by atoms with Gasteiger partial charge in [-0.1, -0.05) is 71.6 Å². The highest BCUT2D eigenvalue weighted by Crippen LogP contribution is 2.10. The quantitative estimate of drug-likeness (QED) is 0.405. The monoisotopic (exact) mass is 315 g/mol. The van der Waals surface area contributed by atoms with E-state index < -0.39 is 12.1 Å². The molecule has 0 spiro atoms. The maximum atomic E-state index is 11.8. The fourth-order valence-corrected chi connectivity index (χ4v) is 2.59. The second kappa shape index (κ2) is 15.3. The Morgan fingerprint density at radius 2 is 1.45 bits per heavy atom. The van der Waals surface area contributed by atoms with Gasteiger partial charge in [-0.15, -0.1) is 0 Å². The van der Waals surface area contributed by atoms with E-state index in [-0.39, 0.29) is 12.5 Å². The van der Waals surface area contributed by atoms with Crippen molar-refractivity contribution in [2.24, 2.45) is 0 Å². The standard InChI is InChI=1S/C18H37NO3/c1-3-5-7-9-11-13-17(21)16(15-20)19-18(22)14-12-10-8-6-4-2/h16-17,20-21H,3-15H2,1-2H3,(H,19,22). The maximum Gasteiger partial charge on any atom is 0.220 e. The number of hydrogen-bond donors (Lipinski definition) is 3. The molecule has 0 rings (SSSR count). The van der Waals surface area contributed by atoms with Gasteiger partial charge in [-0.25, -0.2) is 0 Å². The van der Waals surface area contributed by atoms with E-state index in [0.29, 0.717) is 12.8 Å². The first-order chi connectivity index (χ1) is 10.7. The second-order valence-electron chi connectivity index (χ2n) is 6.29. The van der Waals surface area contributed by atoms with Gasteiger partial charge in [0.2, 0.25) is 5.91 Å². The van der Waals surface area contributed by atoms with Gasteiger partial charge in [-0.05, 0) is 12.8 Å². The van der Waals surface area contributed by atoms with Crippen LogP contribution in [0.5, 0.6) is 0 Å². The Balaban J connectivity index is 3.79. The van der Waals surface area contributed by atoms with Crippen molar-refractivity contribution in [2.45, 2.75) is 103 Å². The van der Waals surface area contributed by atoms with E-state index in [0.717, 1.165) is 25.7 Å². The molecule has 0 aromatic rings. The number of carbonyl (C=O) groups is 1. The molecule has 0 aromatic heterocycles. The molecule has 0 bridgehead atoms. The Morgan fingerprint density at radius 3 is 2.00 bits per heavy atom. The molecule has 0 saturated carbocycles. The number of hydrogen-bond acceptors (Lipinski definition) is 3. The summed E-state index contributed by atoms with van der Waals surface area (Å²) in [6.45, 7) is 4.15. The van der Waals surface area contributed by atoms with Gasteiger partial charge in [-0.3, -0.25) is 4.79 Å². The fourth-order valence-electron chi connectivity index (χ4n) is 2.59. The molecule has 2 unspecified atom stereocenters. The highest BCUT2D eigenvalue weighted by Gasteiger charge is 2.19. The van der Waals surface area contributed by atoms with Crippen molar-refractivity contribution >= 4 is 5.91 Å². The van der Waals surface area contributed by atoms with Gasteiger partial charge >= 0.3 is 0 Å². The zero-order valence-corrected chi connectivity index (χ0v) is 14.6. The molecule has 0 saturated heterocycles. The molecule has 4 nitrogen and oxygen atoms in total. The lowest BCUT2D eigenvalue weighted by molar-refractivity contribution is -0.123. The van der Waals surface area contributed by atoms with Crippen LogP contribution in [0.4, 0.5) is 0 Å². The van der Waals surface area contributed by atoms with Gasteiger partial charge in [0.05, 0.1) is 18.8 Å². The molecule has 22 heavy (non-hydrogen) atoms. The average Bonchev–Trinajstić information content (AvgIpc) is 2.52. The van der Waals surface area contributed by atoms with E-state index in [2.05, 4.69) is 19.2 Å². The van der Waals surface area contributed by atoms with Crippen LogP contribution in [0, 0.1) is 0 Å². The molecule has 0 radical (unpaired) electrons. The number of unbranched alkanes of at least 4 members (excludes halogenated alkanes) is 8. The van der Waals surface area contributed by atoms with Crippen molar-refractivity contribution in [3.05, 3.63) is 0 Å². The van der Waals surface area contributed by atoms with Crippen molar-refractivity contribution in [2.75, 3.05) is 6.61 Å². The third-order valence-corrected chi connectivity index (χ3v) is 4.12. The molecule has 4 heteroatoms. The first-order valence-corrected chi connectivity index (χ1v) is 9.23. The molecular formula is C18H37NO3. The zero-order valence-electron chi connectivity index (χ0n) is 14.6. The molecule has 0 aromatic carbocycles. The zero-order chi connectivity index (χ0) is 16.6. The van der Waals surface area contributed by atoms with Crippen LogP contribution in [-0.2, 0) is 4.79 Å². The Bertz CT molecular complexity index is 259. The predicted octanol–water partition coefficient (Wildman–Crippen LogP) is 3.55. The van der Waals surface area contributed by atoms with Gasteiger partial charge in [0, 0.05) is 6.42 Å². The summed E-state index contributed by atoms with van der Waals surface area (Å²) in [6, 6.07) is -0.519. The van der Waals surface area contributed by atoms with Gasteiger partial charge in [-0.2, -0.15) is 0 Å². The minimum atomic E-state index is -0.643. The number of aliphatic hydroxyl groups excluding tert-OH is 2. The minimum absolute atomic E-state index is 0.0550. The van der Waals surface area contributed by atoms with E-state index in [1.165, 1.54) is 38.5 Å². The van der Waals surface area contributed by atoms with E-state index in [1.807, 2.05) is 0 Å². The maximum absolute atomic E-state index is 11.8. The fraction of sp³-hybridized carbons (Fsp3) is 0.944. The van der Waals surface area contributed by atoms with Crippen LogP contribution < -0.4 is 5.32 Å². The molecule has 0 aliphatic rings. The summed E-state index contributed by atoms with van der Waals surface area (Å²) in [4.78, 5) is 11.8. The van der Waals surface area contributed by atoms with Crippen molar-refractivity contribution in [3.63, 3.8) is 0 Å². The van der Waals surface area contributed by atoms with E-state index in [1.54, 1.807) is 0 Å². The topological polar surface area (TPSA) is 69.6 Å². The second-order valence-corrected chi connectivity index (χ2v) is 6.29. The van der Waals surface area contributed by atoms with Crippen molar-refractivity contribution in [3.8, 4) is 0 Å². The Hall–Kier alpha value is -0.610. The highest BCUT2D eigenvalue weighted by atomic mass is 16.3. The highest BCUT2D eigenvalue weighted by molar-refractivity contribution is 5.76. The Labute approximate surface area is 136 Å². The normalized spacial score (nSPS) is 13.8. The molecule has 3 N–H and O–H groups in total. The summed E-state index contributed by atoms with van der Waals surface area (Å²) < 4.78 is 0. The summed E-state index contributed by atoms with van der Waals surface area (Å²) in [6.07, 6.45) is 11.7. The van der Waals surface area contributed by atoms with Crippen LogP contribution in [0.2, 0.25) is 0 Å². The van der Waals surface area contributed by atoms with Crippen LogP contribution in [0.25, 0.3) is 0 Å². The molecule has 1 amide bonds. The Kier molecular flexibility index (Phi) is 14.9. The number of nitrogens with one attached hydrogen (secondary N) is 1. The first kappa shape index (κ1) is 21.4. The molecule has 0 aliphatic heterocycles. The SMILES string of the molecule is CCCCCCCC(=O)NC(CO)C(O)CCCCCCC. The number of amides is 1. The Morgan fingerprint density at radius 1 is 0.909 bits per heavy atom. The van der Waals surface area contributed by atoms with Crippen molar-refractivity contribution < 1.29 is 15.0 Å². The van der Waals surface area contributed by atoms with Gasteiger partial charge in [0.25, 0.3) is 0 Å². The molecular weight excluding hydrogens is 278 g/mol. The summed E-state index contributed by atoms with van der Waals surface area (Å²) in [5.74, 6) is -0.0550. The lowest BCUT2D eigenvalue weighted by Crippen LogP contribution is -2.45. The van der Waals surface area contributed by atoms with E-state index >= 15 is 0 Å². The third kappa shape index (κ3) is 12.0. The van der Waals surface area contributed by atoms with E-state index in [9.17, 15) is 15.0 Å². The molecule has 0 fully saturated rings. The van der Waals surface area contributed by atoms with Gasteiger partial charge < -0.3 is 15.5 Å². The number of rotatable bonds is 15. The minimum Gasteiger partial charge on any atom is -0.394 e. The van der Waals surface area contributed by atoms with Crippen LogP contribution in [0.3, 0.4) is 0 Å². The molecule has 0 heterocycles. The van der Waals surface area contributed by atoms with Crippen molar-refractivity contribution in [1.29, 1.82) is 0 Å². The lowest BCUT2D eigenvalue weighted by Gasteiger charge is -2.22. The smallest absolute Gasteiger partial charge is 0.220 e. The third-order valence-electron chi connectivity index (χ3n) is 4.12. The molecule has 132 valence electrons. The van der Waals surface area contributed by atoms with Crippen LogP contribution >= 0.6 is 0 Å². The summed E-state index contributed by atoms with van der Waals surface area (Å²) >= 11 is 0. The first-order valence-electron chi connectivity index (χ1n) is 9.23. The average molecular weight is 315 g/mol. The van der Waals surface area contributed by atoms with E-state index in [4.69, 9.17) is 0 Å². The van der Waals surface area contributed by atoms with Gasteiger partial charge in [0.1, 0.15) is 0 Å². The van der Waals surface area contributed by atoms with Crippen LogP contribution in [0.15, 0.2) is 0 Å². The lowest BCUT2D eigenvalue weighted by atomic mass is 10.0. The van der Waals surface area contributed by atoms with Crippen LogP contribution in [0.1, 0.15) is 90.9 Å². The number of carbonyl (C=O) groups excluding carboxylic acids is 1. The number of aliphatic hydroxyl groups is 2. The van der Waals surface area contributed by atoms with Gasteiger partial charge in [0.15, 0.2) is 0 Å². The molecule has 0 aliphatic carbocycles. The predicted molar refractivity (Wildman–Crippen MR) is 91.8 cm³/mol. The van der Waals surface area contributed by atoms with Crippen molar-refractivity contribution in [1.82, 2.24) is 5.32 Å². The molecule has 2 atom stereocenters. The van der Waals surface area contributed by atoms with Crippen LogP contribution in [-0.4, -0.2) is 34.9 Å².